The van der Waals surface area contributed by atoms with E-state index >= 15 is 0 Å². The van der Waals surface area contributed by atoms with Crippen LogP contribution in [0.3, 0.4) is 0 Å². The molecule has 104 valence electrons. The van der Waals surface area contributed by atoms with Gasteiger partial charge in [-0.3, -0.25) is 4.79 Å². The Kier molecular flexibility index (Phi) is 4.47. The summed E-state index contributed by atoms with van der Waals surface area (Å²) < 4.78 is 4.76. The first kappa shape index (κ1) is 14.3. The number of carbonyl (C=O) groups is 1. The van der Waals surface area contributed by atoms with Crippen LogP contribution in [0, 0.1) is 5.41 Å². The molecule has 0 bridgehead atoms. The molecule has 1 heterocycles. The Morgan fingerprint density at radius 2 is 2.37 bits per heavy atom. The average molecular weight is 280 g/mol. The minimum absolute atomic E-state index is 0.0213. The molecule has 1 aromatic heterocycles. The lowest BCUT2D eigenvalue weighted by atomic mass is 10.1. The van der Waals surface area contributed by atoms with Gasteiger partial charge in [0, 0.05) is 23.6 Å². The lowest BCUT2D eigenvalue weighted by Crippen LogP contribution is -2.14. The highest BCUT2D eigenvalue weighted by Gasteiger charge is 2.44. The van der Waals surface area contributed by atoms with Crippen molar-refractivity contribution in [2.45, 2.75) is 37.3 Å². The number of pyridine rings is 1. The molecule has 0 amide bonds. The number of ether oxygens (including phenoxy) is 1. The quantitative estimate of drug-likeness (QED) is 0.641. The Bertz CT molecular complexity index is 459. The van der Waals surface area contributed by atoms with Crippen molar-refractivity contribution in [3.63, 3.8) is 0 Å². The Morgan fingerprint density at radius 1 is 1.63 bits per heavy atom. The Hall–Kier alpha value is -1.07. The molecule has 1 atom stereocenters. The van der Waals surface area contributed by atoms with Crippen LogP contribution in [0.4, 0.5) is 0 Å². The fraction of sp³-hybridized carbons (Fsp3) is 0.571. The molecule has 0 unspecified atom stereocenters. The number of aromatic nitrogens is 1. The molecule has 1 fully saturated rings. The van der Waals surface area contributed by atoms with Gasteiger partial charge in [-0.15, -0.1) is 11.8 Å². The fourth-order valence-electron chi connectivity index (χ4n) is 2.02. The van der Waals surface area contributed by atoms with Crippen LogP contribution < -0.4 is 5.73 Å². The molecule has 0 aliphatic heterocycles. The van der Waals surface area contributed by atoms with E-state index in [0.717, 1.165) is 29.2 Å². The molecule has 1 aliphatic rings. The molecule has 4 nitrogen and oxygen atoms in total. The minimum Gasteiger partial charge on any atom is -0.469 e. The van der Waals surface area contributed by atoms with E-state index in [9.17, 15) is 4.79 Å². The number of esters is 1. The van der Waals surface area contributed by atoms with Gasteiger partial charge in [0.15, 0.2) is 0 Å². The van der Waals surface area contributed by atoms with Gasteiger partial charge in [-0.1, -0.05) is 6.07 Å². The molecule has 1 aromatic rings. The summed E-state index contributed by atoms with van der Waals surface area (Å²) in [5.74, 6) is 0.783. The Balaban J connectivity index is 1.98. The lowest BCUT2D eigenvalue weighted by molar-refractivity contribution is -0.141. The summed E-state index contributed by atoms with van der Waals surface area (Å²) in [5, 5.41) is 0.980. The molecule has 0 spiro atoms. The van der Waals surface area contributed by atoms with Crippen molar-refractivity contribution < 1.29 is 9.53 Å². The molecule has 2 N–H and O–H groups in total. The summed E-state index contributed by atoms with van der Waals surface area (Å²) >= 11 is 1.70. The van der Waals surface area contributed by atoms with Crippen LogP contribution in [-0.4, -0.2) is 23.8 Å². The van der Waals surface area contributed by atoms with Gasteiger partial charge in [0.1, 0.15) is 5.03 Å². The molecule has 19 heavy (non-hydrogen) atoms. The first-order valence-electron chi connectivity index (χ1n) is 6.46. The lowest BCUT2D eigenvalue weighted by Gasteiger charge is -2.15. The van der Waals surface area contributed by atoms with Crippen LogP contribution in [-0.2, 0) is 9.53 Å². The van der Waals surface area contributed by atoms with Crippen molar-refractivity contribution in [1.29, 1.82) is 0 Å². The van der Waals surface area contributed by atoms with Crippen molar-refractivity contribution in [1.82, 2.24) is 4.98 Å². The fourth-order valence-corrected chi connectivity index (χ4v) is 3.41. The van der Waals surface area contributed by atoms with E-state index < -0.39 is 0 Å². The molecule has 0 aromatic carbocycles. The molecular weight excluding hydrogens is 260 g/mol. The highest BCUT2D eigenvalue weighted by molar-refractivity contribution is 7.99. The zero-order valence-corrected chi connectivity index (χ0v) is 12.2. The number of hydrogen-bond donors (Lipinski definition) is 1. The second-order valence-electron chi connectivity index (χ2n) is 5.23. The predicted octanol–water partition coefficient (Wildman–Crippen LogP) is 2.54. The second-order valence-corrected chi connectivity index (χ2v) is 6.19. The molecule has 0 saturated heterocycles. The zero-order chi connectivity index (χ0) is 13.9. The maximum absolute atomic E-state index is 11.4. The summed E-state index contributed by atoms with van der Waals surface area (Å²) in [6.45, 7) is 1.96. The maximum Gasteiger partial charge on any atom is 0.306 e. The highest BCUT2D eigenvalue weighted by Crippen LogP contribution is 2.52. The zero-order valence-electron chi connectivity index (χ0n) is 11.4. The third-order valence-electron chi connectivity index (χ3n) is 3.51. The van der Waals surface area contributed by atoms with E-state index in [1.54, 1.807) is 18.0 Å². The maximum atomic E-state index is 11.4. The van der Waals surface area contributed by atoms with Crippen molar-refractivity contribution in [2.24, 2.45) is 11.1 Å². The smallest absolute Gasteiger partial charge is 0.306 e. The van der Waals surface area contributed by atoms with Crippen LogP contribution in [0.25, 0.3) is 0 Å². The van der Waals surface area contributed by atoms with Crippen molar-refractivity contribution in [3.8, 4) is 0 Å². The van der Waals surface area contributed by atoms with Crippen LogP contribution in [0.15, 0.2) is 23.4 Å². The highest BCUT2D eigenvalue weighted by atomic mass is 32.2. The molecule has 0 radical (unpaired) electrons. The number of carbonyl (C=O) groups excluding carboxylic acids is 1. The SMILES string of the molecule is COC(=O)CC1(CSc2ncccc2[C@@H](C)N)CC1. The van der Waals surface area contributed by atoms with Gasteiger partial charge >= 0.3 is 5.97 Å². The first-order chi connectivity index (χ1) is 9.06. The minimum atomic E-state index is -0.119. The van der Waals surface area contributed by atoms with E-state index in [0.29, 0.717) is 6.42 Å². The summed E-state index contributed by atoms with van der Waals surface area (Å²) in [7, 11) is 1.44. The Morgan fingerprint density at radius 3 is 2.95 bits per heavy atom. The van der Waals surface area contributed by atoms with E-state index in [-0.39, 0.29) is 17.4 Å². The van der Waals surface area contributed by atoms with Gasteiger partial charge in [0.25, 0.3) is 0 Å². The summed E-state index contributed by atoms with van der Waals surface area (Å²) in [5.41, 5.74) is 7.13. The predicted molar refractivity (Wildman–Crippen MR) is 75.9 cm³/mol. The summed E-state index contributed by atoms with van der Waals surface area (Å²) in [6.07, 6.45) is 4.48. The standard InChI is InChI=1S/C14H20N2O2S/c1-10(15)11-4-3-7-16-13(11)19-9-14(5-6-14)8-12(17)18-2/h3-4,7,10H,5-6,8-9,15H2,1-2H3/t10-/m1/s1. The van der Waals surface area contributed by atoms with Crippen LogP contribution >= 0.6 is 11.8 Å². The molecule has 5 heteroatoms. The second kappa shape index (κ2) is 5.92. The van der Waals surface area contributed by atoms with Crippen molar-refractivity contribution >= 4 is 17.7 Å². The topological polar surface area (TPSA) is 65.2 Å². The molecular formula is C14H20N2O2S. The number of methoxy groups -OCH3 is 1. The third-order valence-corrected chi connectivity index (χ3v) is 4.88. The van der Waals surface area contributed by atoms with Gasteiger partial charge in [0.05, 0.1) is 13.5 Å². The van der Waals surface area contributed by atoms with Crippen LogP contribution in [0.2, 0.25) is 0 Å². The summed E-state index contributed by atoms with van der Waals surface area (Å²) in [6, 6.07) is 3.90. The molecule has 1 aliphatic carbocycles. The van der Waals surface area contributed by atoms with E-state index in [4.69, 9.17) is 10.5 Å². The number of rotatable bonds is 6. The number of thioether (sulfide) groups is 1. The summed E-state index contributed by atoms with van der Waals surface area (Å²) in [4.78, 5) is 15.8. The van der Waals surface area contributed by atoms with Gasteiger partial charge in [-0.05, 0) is 31.2 Å². The molecule has 2 rings (SSSR count). The van der Waals surface area contributed by atoms with E-state index in [1.807, 2.05) is 19.1 Å². The van der Waals surface area contributed by atoms with Gasteiger partial charge in [-0.2, -0.15) is 0 Å². The number of nitrogens with two attached hydrogens (primary N) is 1. The van der Waals surface area contributed by atoms with E-state index in [2.05, 4.69) is 4.98 Å². The van der Waals surface area contributed by atoms with Crippen molar-refractivity contribution in [3.05, 3.63) is 23.9 Å². The van der Waals surface area contributed by atoms with Crippen molar-refractivity contribution in [2.75, 3.05) is 12.9 Å². The largest absolute Gasteiger partial charge is 0.469 e. The van der Waals surface area contributed by atoms with Gasteiger partial charge < -0.3 is 10.5 Å². The normalized spacial score (nSPS) is 17.8. The van der Waals surface area contributed by atoms with Gasteiger partial charge in [-0.25, -0.2) is 4.98 Å². The van der Waals surface area contributed by atoms with Crippen LogP contribution in [0.5, 0.6) is 0 Å². The van der Waals surface area contributed by atoms with E-state index in [1.165, 1.54) is 7.11 Å². The van der Waals surface area contributed by atoms with Crippen LogP contribution in [0.1, 0.15) is 37.8 Å². The third kappa shape index (κ3) is 3.70. The average Bonchev–Trinajstić information content (AvgIpc) is 3.16. The monoisotopic (exact) mass is 280 g/mol. The number of nitrogens with zero attached hydrogens (tertiary/aromatic N) is 1. The first-order valence-corrected chi connectivity index (χ1v) is 7.45. The molecule has 1 saturated carbocycles. The number of hydrogen-bond acceptors (Lipinski definition) is 5. The van der Waals surface area contributed by atoms with Gasteiger partial charge in [0.2, 0.25) is 0 Å². The Labute approximate surface area is 118 Å².